The lowest BCUT2D eigenvalue weighted by atomic mass is 10.3. The van der Waals surface area contributed by atoms with Gasteiger partial charge < -0.3 is 9.05 Å². The average Bonchev–Trinajstić information content (AvgIpc) is 2.28. The van der Waals surface area contributed by atoms with Crippen molar-refractivity contribution in [2.24, 2.45) is 0 Å². The normalized spacial score (nSPS) is 15.7. The van der Waals surface area contributed by atoms with Crippen LogP contribution in [-0.4, -0.2) is 43.0 Å². The first-order valence-electron chi connectivity index (χ1n) is 6.07. The van der Waals surface area contributed by atoms with Gasteiger partial charge in [0.2, 0.25) is 0 Å². The fraction of sp³-hybridized carbons (Fsp3) is 0.909. The Hall–Kier alpha value is -0.260. The van der Waals surface area contributed by atoms with Crippen LogP contribution in [0.3, 0.4) is 0 Å². The zero-order valence-electron chi connectivity index (χ0n) is 12.0. The van der Waals surface area contributed by atoms with Crippen molar-refractivity contribution in [3.05, 3.63) is 0 Å². The van der Waals surface area contributed by atoms with Crippen molar-refractivity contribution in [1.29, 1.82) is 0 Å². The minimum atomic E-state index is -3.26. The van der Waals surface area contributed by atoms with Gasteiger partial charge in [0.05, 0.1) is 13.2 Å². The van der Waals surface area contributed by atoms with Crippen molar-refractivity contribution in [3.8, 4) is 0 Å². The number of nitrogens with zero attached hydrogens (tertiary/aromatic N) is 1. The van der Waals surface area contributed by atoms with E-state index in [9.17, 15) is 9.36 Å². The number of carbonyl (C=O) groups is 1. The highest BCUT2D eigenvalue weighted by Gasteiger charge is 2.36. The van der Waals surface area contributed by atoms with Gasteiger partial charge in [0.1, 0.15) is 11.9 Å². The lowest BCUT2D eigenvalue weighted by Crippen LogP contribution is -2.35. The maximum absolute atomic E-state index is 12.5. The van der Waals surface area contributed by atoms with Gasteiger partial charge in [-0.1, -0.05) is 0 Å². The van der Waals surface area contributed by atoms with Crippen LogP contribution in [-0.2, 0) is 23.2 Å². The Kier molecular flexibility index (Phi) is 7.90. The standard InChI is InChI=1S/C11H24NO5P/c1-7-15-18(14,16-8-2)11(5)12(6)17-10(4)9(3)13/h10-11H,7-8H2,1-6H3. The Bertz CT molecular complexity index is 300. The molecule has 2 atom stereocenters. The summed E-state index contributed by atoms with van der Waals surface area (Å²) in [5, 5.41) is 1.36. The molecule has 0 radical (unpaired) electrons. The second-order valence-corrected chi connectivity index (χ2v) is 6.26. The van der Waals surface area contributed by atoms with E-state index in [2.05, 4.69) is 0 Å². The molecule has 0 aliphatic rings. The van der Waals surface area contributed by atoms with Crippen molar-refractivity contribution in [1.82, 2.24) is 5.06 Å². The summed E-state index contributed by atoms with van der Waals surface area (Å²) in [7, 11) is -1.66. The molecule has 7 heteroatoms. The molecule has 0 saturated carbocycles. The molecule has 6 nitrogen and oxygen atoms in total. The minimum Gasteiger partial charge on any atom is -0.308 e. The van der Waals surface area contributed by atoms with Crippen LogP contribution < -0.4 is 0 Å². The van der Waals surface area contributed by atoms with Crippen LogP contribution in [0.15, 0.2) is 0 Å². The van der Waals surface area contributed by atoms with Crippen molar-refractivity contribution in [2.75, 3.05) is 20.3 Å². The first-order chi connectivity index (χ1) is 8.28. The third-order valence-electron chi connectivity index (χ3n) is 2.50. The summed E-state index contributed by atoms with van der Waals surface area (Å²) in [5.74, 6) is -0.684. The predicted molar refractivity (Wildman–Crippen MR) is 69.3 cm³/mol. The highest BCUT2D eigenvalue weighted by molar-refractivity contribution is 7.54. The number of ketones is 1. The molecule has 0 aromatic heterocycles. The molecule has 0 bridgehead atoms. The molecule has 0 aromatic carbocycles. The molecule has 0 fully saturated rings. The van der Waals surface area contributed by atoms with Crippen molar-refractivity contribution in [2.45, 2.75) is 46.5 Å². The van der Waals surface area contributed by atoms with Gasteiger partial charge in [-0.3, -0.25) is 14.2 Å². The molecule has 0 spiro atoms. The quantitative estimate of drug-likeness (QED) is 0.478. The molecule has 0 aliphatic heterocycles. The lowest BCUT2D eigenvalue weighted by molar-refractivity contribution is -0.189. The Balaban J connectivity index is 4.71. The number of hydrogen-bond donors (Lipinski definition) is 0. The highest BCUT2D eigenvalue weighted by atomic mass is 31.2. The van der Waals surface area contributed by atoms with Crippen molar-refractivity contribution >= 4 is 13.4 Å². The van der Waals surface area contributed by atoms with E-state index in [0.717, 1.165) is 0 Å². The third-order valence-corrected chi connectivity index (χ3v) is 4.98. The van der Waals surface area contributed by atoms with Crippen LogP contribution in [0.1, 0.15) is 34.6 Å². The third kappa shape index (κ3) is 5.16. The summed E-state index contributed by atoms with van der Waals surface area (Å²) in [6.45, 7) is 8.83. The molecule has 0 N–H and O–H groups in total. The van der Waals surface area contributed by atoms with Crippen molar-refractivity contribution in [3.63, 3.8) is 0 Å². The number of carbonyl (C=O) groups excluding carboxylic acids is 1. The van der Waals surface area contributed by atoms with Gasteiger partial charge in [-0.05, 0) is 34.6 Å². The van der Waals surface area contributed by atoms with E-state index in [4.69, 9.17) is 13.9 Å². The molecular formula is C11H24NO5P. The number of rotatable bonds is 9. The summed E-state index contributed by atoms with van der Waals surface area (Å²) >= 11 is 0. The van der Waals surface area contributed by atoms with E-state index in [-0.39, 0.29) is 19.0 Å². The fourth-order valence-corrected chi connectivity index (χ4v) is 2.90. The van der Waals surface area contributed by atoms with Gasteiger partial charge in [-0.2, -0.15) is 5.06 Å². The van der Waals surface area contributed by atoms with Gasteiger partial charge in [0, 0.05) is 7.05 Å². The monoisotopic (exact) mass is 281 g/mol. The number of Topliss-reactive ketones (excluding diaryl/α,β-unsaturated/α-hetero) is 1. The number of hydrogen-bond acceptors (Lipinski definition) is 6. The molecule has 108 valence electrons. The molecule has 18 heavy (non-hydrogen) atoms. The van der Waals surface area contributed by atoms with E-state index < -0.39 is 19.5 Å². The van der Waals surface area contributed by atoms with Crippen molar-refractivity contribution < 1.29 is 23.2 Å². The second kappa shape index (κ2) is 8.02. The van der Waals surface area contributed by atoms with Crippen LogP contribution in [0.4, 0.5) is 0 Å². The van der Waals surface area contributed by atoms with Crippen LogP contribution in [0.5, 0.6) is 0 Å². The Morgan fingerprint density at radius 1 is 1.22 bits per heavy atom. The molecule has 0 amide bonds. The Morgan fingerprint density at radius 2 is 1.67 bits per heavy atom. The van der Waals surface area contributed by atoms with Gasteiger partial charge in [0.15, 0.2) is 5.78 Å². The number of hydroxylamine groups is 2. The molecular weight excluding hydrogens is 257 g/mol. The summed E-state index contributed by atoms with van der Waals surface area (Å²) in [5.41, 5.74) is 0. The van der Waals surface area contributed by atoms with E-state index in [0.29, 0.717) is 0 Å². The lowest BCUT2D eigenvalue weighted by Gasteiger charge is -2.31. The second-order valence-electron chi connectivity index (χ2n) is 3.91. The molecule has 0 aromatic rings. The van der Waals surface area contributed by atoms with Crippen LogP contribution in [0, 0.1) is 0 Å². The average molecular weight is 281 g/mol. The largest absolute Gasteiger partial charge is 0.349 e. The molecule has 0 aliphatic carbocycles. The van der Waals surface area contributed by atoms with Crippen LogP contribution in [0.2, 0.25) is 0 Å². The first kappa shape index (κ1) is 17.7. The molecule has 2 unspecified atom stereocenters. The van der Waals surface area contributed by atoms with Gasteiger partial charge >= 0.3 is 7.60 Å². The van der Waals surface area contributed by atoms with Gasteiger partial charge in [-0.25, -0.2) is 0 Å². The van der Waals surface area contributed by atoms with E-state index in [1.807, 2.05) is 0 Å². The van der Waals surface area contributed by atoms with Crippen LogP contribution in [0.25, 0.3) is 0 Å². The maximum atomic E-state index is 12.5. The first-order valence-corrected chi connectivity index (χ1v) is 7.68. The zero-order valence-corrected chi connectivity index (χ0v) is 12.9. The van der Waals surface area contributed by atoms with Gasteiger partial charge in [0.25, 0.3) is 0 Å². The smallest absolute Gasteiger partial charge is 0.308 e. The molecule has 0 heterocycles. The van der Waals surface area contributed by atoms with Crippen LogP contribution >= 0.6 is 7.60 Å². The Labute approximate surface area is 109 Å². The van der Waals surface area contributed by atoms with E-state index in [1.165, 1.54) is 12.0 Å². The topological polar surface area (TPSA) is 65.1 Å². The Morgan fingerprint density at radius 3 is 2.00 bits per heavy atom. The summed E-state index contributed by atoms with van der Waals surface area (Å²) in [6.07, 6.45) is -0.589. The summed E-state index contributed by atoms with van der Waals surface area (Å²) in [6, 6.07) is 0. The van der Waals surface area contributed by atoms with Gasteiger partial charge in [-0.15, -0.1) is 0 Å². The highest BCUT2D eigenvalue weighted by Crippen LogP contribution is 2.53. The van der Waals surface area contributed by atoms with E-state index in [1.54, 1.807) is 34.7 Å². The summed E-state index contributed by atoms with van der Waals surface area (Å²) < 4.78 is 22.9. The van der Waals surface area contributed by atoms with E-state index >= 15 is 0 Å². The molecule has 0 rings (SSSR count). The molecule has 0 saturated heterocycles. The predicted octanol–water partition coefficient (Wildman–Crippen LogP) is 2.44. The zero-order chi connectivity index (χ0) is 14.3. The summed E-state index contributed by atoms with van der Waals surface area (Å²) in [4.78, 5) is 16.5. The fourth-order valence-electron chi connectivity index (χ4n) is 1.22. The SMILES string of the molecule is CCOP(=O)(OCC)C(C)N(C)OC(C)C(C)=O. The minimum absolute atomic E-state index is 0.100. The maximum Gasteiger partial charge on any atom is 0.349 e.